The Bertz CT molecular complexity index is 671. The Balaban J connectivity index is 1.87. The summed E-state index contributed by atoms with van der Waals surface area (Å²) < 4.78 is 80.2. The van der Waals surface area contributed by atoms with Crippen molar-refractivity contribution < 1.29 is 44.1 Å². The van der Waals surface area contributed by atoms with E-state index in [1.54, 1.807) is 0 Å². The SMILES string of the molecule is CS(=O)(=O)OC[C@@H]1OC2(CCCCO2)[C@@]2(CCCCO2)O[C@H]1COS(C)(=O)=O. The number of ether oxygens (including phenoxy) is 4. The lowest BCUT2D eigenvalue weighted by Gasteiger charge is -2.57. The quantitative estimate of drug-likeness (QED) is 0.535. The number of hydrogen-bond donors (Lipinski definition) is 0. The van der Waals surface area contributed by atoms with Crippen molar-refractivity contribution >= 4 is 20.2 Å². The summed E-state index contributed by atoms with van der Waals surface area (Å²) in [5.41, 5.74) is 0. The highest BCUT2D eigenvalue weighted by Gasteiger charge is 2.63. The van der Waals surface area contributed by atoms with Gasteiger partial charge in [0.1, 0.15) is 12.2 Å². The van der Waals surface area contributed by atoms with Crippen LogP contribution in [0.2, 0.25) is 0 Å². The molecule has 1 unspecified atom stereocenters. The smallest absolute Gasteiger partial charge is 0.264 e. The molecule has 0 aromatic rings. The summed E-state index contributed by atoms with van der Waals surface area (Å²) in [5, 5.41) is 0. The molecule has 0 aliphatic carbocycles. The Morgan fingerprint density at radius 1 is 0.750 bits per heavy atom. The van der Waals surface area contributed by atoms with Crippen molar-refractivity contribution in [2.45, 2.75) is 62.3 Å². The molecule has 0 N–H and O–H groups in total. The second kappa shape index (κ2) is 8.42. The average molecular weight is 445 g/mol. The second-order valence-electron chi connectivity index (χ2n) is 7.41. The van der Waals surface area contributed by atoms with E-state index in [2.05, 4.69) is 0 Å². The molecule has 10 nitrogen and oxygen atoms in total. The lowest BCUT2D eigenvalue weighted by Crippen LogP contribution is -2.71. The summed E-state index contributed by atoms with van der Waals surface area (Å²) in [6.07, 6.45) is 4.46. The third-order valence-electron chi connectivity index (χ3n) is 5.04. The van der Waals surface area contributed by atoms with Crippen LogP contribution in [-0.2, 0) is 47.5 Å². The molecule has 3 aliphatic heterocycles. The van der Waals surface area contributed by atoms with Crippen LogP contribution in [0.25, 0.3) is 0 Å². The van der Waals surface area contributed by atoms with Gasteiger partial charge in [0.25, 0.3) is 20.2 Å². The van der Waals surface area contributed by atoms with Crippen molar-refractivity contribution in [1.29, 1.82) is 0 Å². The fourth-order valence-electron chi connectivity index (χ4n) is 3.81. The van der Waals surface area contributed by atoms with Crippen LogP contribution in [0.3, 0.4) is 0 Å². The average Bonchev–Trinajstić information content (AvgIpc) is 2.62. The van der Waals surface area contributed by atoms with Crippen LogP contribution in [0.1, 0.15) is 38.5 Å². The molecule has 3 rings (SSSR count). The van der Waals surface area contributed by atoms with Crippen molar-refractivity contribution in [3.8, 4) is 0 Å². The Hall–Kier alpha value is -0.340. The van der Waals surface area contributed by atoms with Crippen LogP contribution < -0.4 is 0 Å². The molecule has 0 aromatic carbocycles. The summed E-state index contributed by atoms with van der Waals surface area (Å²) in [6, 6.07) is 0. The van der Waals surface area contributed by atoms with Crippen molar-refractivity contribution in [2.75, 3.05) is 38.9 Å². The zero-order chi connectivity index (χ0) is 20.5. The maximum Gasteiger partial charge on any atom is 0.264 e. The molecule has 0 bridgehead atoms. The molecule has 3 aliphatic rings. The Labute approximate surface area is 166 Å². The van der Waals surface area contributed by atoms with Crippen molar-refractivity contribution in [2.24, 2.45) is 0 Å². The summed E-state index contributed by atoms with van der Waals surface area (Å²) in [6.45, 7) is 0.215. The summed E-state index contributed by atoms with van der Waals surface area (Å²) in [7, 11) is -7.47. The van der Waals surface area contributed by atoms with Gasteiger partial charge < -0.3 is 18.9 Å². The molecule has 0 saturated carbocycles. The molecule has 2 spiro atoms. The van der Waals surface area contributed by atoms with E-state index in [0.29, 0.717) is 26.1 Å². The van der Waals surface area contributed by atoms with Gasteiger partial charge in [-0.1, -0.05) is 0 Å². The zero-order valence-corrected chi connectivity index (χ0v) is 17.8. The van der Waals surface area contributed by atoms with E-state index >= 15 is 0 Å². The lowest BCUT2D eigenvalue weighted by atomic mass is 9.88. The first-order chi connectivity index (χ1) is 13.0. The first-order valence-electron chi connectivity index (χ1n) is 9.37. The molecule has 12 heteroatoms. The highest BCUT2D eigenvalue weighted by Crippen LogP contribution is 2.49. The zero-order valence-electron chi connectivity index (χ0n) is 16.1. The topological polar surface area (TPSA) is 124 Å². The van der Waals surface area contributed by atoms with E-state index in [-0.39, 0.29) is 13.2 Å². The monoisotopic (exact) mass is 444 g/mol. The first-order valence-corrected chi connectivity index (χ1v) is 13.0. The Kier molecular flexibility index (Phi) is 6.72. The van der Waals surface area contributed by atoms with Gasteiger partial charge >= 0.3 is 0 Å². The lowest BCUT2D eigenvalue weighted by molar-refractivity contribution is -0.482. The van der Waals surface area contributed by atoms with Gasteiger partial charge in [0.05, 0.1) is 38.9 Å². The molecule has 4 atom stereocenters. The molecule has 3 saturated heterocycles. The molecule has 28 heavy (non-hydrogen) atoms. The van der Waals surface area contributed by atoms with E-state index in [9.17, 15) is 16.8 Å². The van der Waals surface area contributed by atoms with Gasteiger partial charge in [-0.15, -0.1) is 0 Å². The van der Waals surface area contributed by atoms with Gasteiger partial charge in [0.2, 0.25) is 11.6 Å². The minimum Gasteiger partial charge on any atom is -0.345 e. The van der Waals surface area contributed by atoms with E-state index in [0.717, 1.165) is 38.2 Å². The van der Waals surface area contributed by atoms with E-state index in [1.165, 1.54) is 0 Å². The predicted molar refractivity (Wildman–Crippen MR) is 96.4 cm³/mol. The summed E-state index contributed by atoms with van der Waals surface area (Å²) in [4.78, 5) is 0. The first kappa shape index (κ1) is 22.3. The summed E-state index contributed by atoms with van der Waals surface area (Å²) >= 11 is 0. The largest absolute Gasteiger partial charge is 0.345 e. The molecular formula is C16H28O10S2. The van der Waals surface area contributed by atoms with Gasteiger partial charge in [-0.3, -0.25) is 8.37 Å². The maximum atomic E-state index is 11.5. The van der Waals surface area contributed by atoms with Crippen LogP contribution in [0, 0.1) is 0 Å². The van der Waals surface area contributed by atoms with Crippen molar-refractivity contribution in [3.63, 3.8) is 0 Å². The molecular weight excluding hydrogens is 416 g/mol. The fourth-order valence-corrected chi connectivity index (χ4v) is 4.57. The van der Waals surface area contributed by atoms with Crippen LogP contribution >= 0.6 is 0 Å². The van der Waals surface area contributed by atoms with Crippen LogP contribution in [0.5, 0.6) is 0 Å². The maximum absolute atomic E-state index is 11.5. The molecule has 3 fully saturated rings. The van der Waals surface area contributed by atoms with Crippen LogP contribution in [0.15, 0.2) is 0 Å². The molecule has 164 valence electrons. The van der Waals surface area contributed by atoms with Gasteiger partial charge in [0, 0.05) is 12.8 Å². The highest BCUT2D eigenvalue weighted by molar-refractivity contribution is 7.86. The van der Waals surface area contributed by atoms with Gasteiger partial charge in [-0.2, -0.15) is 16.8 Å². The third kappa shape index (κ3) is 5.22. The number of hydrogen-bond acceptors (Lipinski definition) is 10. The molecule has 0 amide bonds. The van der Waals surface area contributed by atoms with Crippen LogP contribution in [-0.4, -0.2) is 79.6 Å². The minimum absolute atomic E-state index is 0.349. The van der Waals surface area contributed by atoms with Crippen molar-refractivity contribution in [3.05, 3.63) is 0 Å². The Morgan fingerprint density at radius 2 is 1.14 bits per heavy atom. The van der Waals surface area contributed by atoms with E-state index in [4.69, 9.17) is 27.3 Å². The Morgan fingerprint density at radius 3 is 1.43 bits per heavy atom. The summed E-state index contributed by atoms with van der Waals surface area (Å²) in [5.74, 6) is -2.39. The normalized spacial score (nSPS) is 37.4. The van der Waals surface area contributed by atoms with Crippen LogP contribution in [0.4, 0.5) is 0 Å². The highest BCUT2D eigenvalue weighted by atomic mass is 32.2. The molecule has 0 aromatic heterocycles. The van der Waals surface area contributed by atoms with Gasteiger partial charge in [-0.25, -0.2) is 0 Å². The van der Waals surface area contributed by atoms with E-state index < -0.39 is 44.0 Å². The second-order valence-corrected chi connectivity index (χ2v) is 10.7. The third-order valence-corrected chi connectivity index (χ3v) is 6.17. The van der Waals surface area contributed by atoms with Gasteiger partial charge in [-0.05, 0) is 25.7 Å². The number of rotatable bonds is 6. The fraction of sp³-hybridized carbons (Fsp3) is 1.00. The molecule has 0 radical (unpaired) electrons. The van der Waals surface area contributed by atoms with Gasteiger partial charge in [0.15, 0.2) is 0 Å². The molecule has 3 heterocycles. The standard InChI is InChI=1S/C16H28O10S2/c1-27(17,18)23-11-13-14(12-24-28(2,19)20)26-16(8-4-6-10-22-16)15(25-13)7-3-5-9-21-15/h13-14H,3-12H2,1-2H3/t13-,14-,15+,16?/m0/s1. The minimum atomic E-state index is -3.73. The number of fused-ring (bicyclic) bond motifs is 1. The van der Waals surface area contributed by atoms with E-state index in [1.807, 2.05) is 0 Å². The van der Waals surface area contributed by atoms with Crippen molar-refractivity contribution in [1.82, 2.24) is 0 Å². The predicted octanol–water partition coefficient (Wildman–Crippen LogP) is 0.516.